The Bertz CT molecular complexity index is 4790. The maximum atomic E-state index is 5.23. The smallest absolute Gasteiger partial charge is 0.145 e. The number of aromatic nitrogens is 6. The van der Waals surface area contributed by atoms with E-state index < -0.39 is 0 Å². The van der Waals surface area contributed by atoms with E-state index in [0.29, 0.717) is 0 Å². The minimum Gasteiger partial charge on any atom is -0.292 e. The van der Waals surface area contributed by atoms with Gasteiger partial charge in [-0.1, -0.05) is 235 Å². The second-order valence-corrected chi connectivity index (χ2v) is 23.5. The molecule has 3 aromatic heterocycles. The van der Waals surface area contributed by atoms with Gasteiger partial charge in [-0.25, -0.2) is 15.0 Å². The van der Waals surface area contributed by atoms with Crippen LogP contribution in [0.1, 0.15) is 16.7 Å². The van der Waals surface area contributed by atoms with Crippen molar-refractivity contribution in [3.63, 3.8) is 0 Å². The molecule has 90 heavy (non-hydrogen) atoms. The van der Waals surface area contributed by atoms with Crippen LogP contribution >= 0.6 is 0 Å². The molecule has 0 bridgehead atoms. The minimum absolute atomic E-state index is 0.906. The largest absolute Gasteiger partial charge is 0.292 e. The molecule has 6 heteroatoms. The summed E-state index contributed by atoms with van der Waals surface area (Å²) in [5.74, 6) is 2.72. The summed E-state index contributed by atoms with van der Waals surface area (Å²) in [6, 6.07) is 112. The fourth-order valence-corrected chi connectivity index (χ4v) is 13.0. The van der Waals surface area contributed by atoms with Crippen LogP contribution in [0.25, 0.3) is 151 Å². The van der Waals surface area contributed by atoms with Gasteiger partial charge in [0.05, 0.1) is 33.1 Å². The zero-order chi connectivity index (χ0) is 60.2. The highest BCUT2D eigenvalue weighted by Crippen LogP contribution is 2.44. The SMILES string of the molecule is Cc1ccc(-n2c(-c3ccc(-c4ccccc4-c4cc(-c5ccccc5-c5ccc(-c6nc7ccccc7n6-c6ccc(C)cc6)cc5)cc(-c5ccccc5-c5ccc(-c6nc7ccccc7n6-c6ccc(C)cc6)cc5)c4)cc3)nc3ccccc32)cc1. The first-order valence-corrected chi connectivity index (χ1v) is 30.7. The summed E-state index contributed by atoms with van der Waals surface area (Å²) in [6.07, 6.45) is 0. The Labute approximate surface area is 523 Å². The molecule has 426 valence electrons. The molecule has 0 unspecified atom stereocenters. The zero-order valence-electron chi connectivity index (χ0n) is 50.1. The molecule has 6 nitrogen and oxygen atoms in total. The Kier molecular flexibility index (Phi) is 13.4. The number of nitrogens with zero attached hydrogens (tertiary/aromatic N) is 6. The molecule has 0 saturated carbocycles. The molecule has 0 saturated heterocycles. The summed E-state index contributed by atoms with van der Waals surface area (Å²) < 4.78 is 6.82. The van der Waals surface area contributed by atoms with Gasteiger partial charge < -0.3 is 0 Å². The third-order valence-corrected chi connectivity index (χ3v) is 17.6. The Morgan fingerprint density at radius 1 is 0.200 bits per heavy atom. The van der Waals surface area contributed by atoms with Crippen molar-refractivity contribution >= 4 is 33.1 Å². The fourth-order valence-electron chi connectivity index (χ4n) is 13.0. The monoisotopic (exact) mass is 1150 g/mol. The van der Waals surface area contributed by atoms with E-state index in [1.165, 1.54) is 16.7 Å². The first-order valence-electron chi connectivity index (χ1n) is 30.7. The molecule has 16 aromatic rings. The van der Waals surface area contributed by atoms with Crippen molar-refractivity contribution < 1.29 is 0 Å². The lowest BCUT2D eigenvalue weighted by Crippen LogP contribution is -1.98. The third kappa shape index (κ3) is 9.77. The van der Waals surface area contributed by atoms with Crippen LogP contribution in [0.5, 0.6) is 0 Å². The van der Waals surface area contributed by atoms with Crippen LogP contribution in [0, 0.1) is 20.8 Å². The van der Waals surface area contributed by atoms with Crippen LogP contribution < -0.4 is 0 Å². The van der Waals surface area contributed by atoms with Crippen molar-refractivity contribution in [2.45, 2.75) is 20.8 Å². The first kappa shape index (κ1) is 53.7. The van der Waals surface area contributed by atoms with E-state index in [1.807, 2.05) is 0 Å². The molecule has 0 fully saturated rings. The number of aryl methyl sites for hydroxylation is 3. The fraction of sp³-hybridized carbons (Fsp3) is 0.0357. The average molecular weight is 1150 g/mol. The molecule has 0 aliphatic carbocycles. The van der Waals surface area contributed by atoms with Gasteiger partial charge in [0.25, 0.3) is 0 Å². The highest BCUT2D eigenvalue weighted by atomic mass is 15.1. The highest BCUT2D eigenvalue weighted by Gasteiger charge is 2.21. The van der Waals surface area contributed by atoms with Gasteiger partial charge >= 0.3 is 0 Å². The van der Waals surface area contributed by atoms with Gasteiger partial charge in [-0.3, -0.25) is 13.7 Å². The van der Waals surface area contributed by atoms with Gasteiger partial charge in [0.2, 0.25) is 0 Å². The second-order valence-electron chi connectivity index (χ2n) is 23.5. The van der Waals surface area contributed by atoms with Crippen LogP contribution in [0.4, 0.5) is 0 Å². The summed E-state index contributed by atoms with van der Waals surface area (Å²) in [5.41, 5.74) is 29.7. The van der Waals surface area contributed by atoms with Crippen molar-refractivity contribution in [3.8, 4) is 118 Å². The third-order valence-electron chi connectivity index (χ3n) is 17.6. The normalized spacial score (nSPS) is 11.5. The van der Waals surface area contributed by atoms with Crippen molar-refractivity contribution in [1.29, 1.82) is 0 Å². The number of fused-ring (bicyclic) bond motifs is 3. The average Bonchev–Trinajstić information content (AvgIpc) is 1.69. The Hall–Kier alpha value is -11.7. The van der Waals surface area contributed by atoms with Crippen LogP contribution in [-0.4, -0.2) is 28.7 Å². The molecule has 3 heterocycles. The van der Waals surface area contributed by atoms with Crippen LogP contribution in [0.2, 0.25) is 0 Å². The van der Waals surface area contributed by atoms with Crippen LogP contribution in [0.3, 0.4) is 0 Å². The van der Waals surface area contributed by atoms with Crippen LogP contribution in [-0.2, 0) is 0 Å². The number of hydrogen-bond donors (Lipinski definition) is 0. The van der Waals surface area contributed by atoms with Gasteiger partial charge in [-0.2, -0.15) is 0 Å². The van der Waals surface area contributed by atoms with Gasteiger partial charge in [-0.15, -0.1) is 0 Å². The van der Waals surface area contributed by atoms with Gasteiger partial charge in [0, 0.05) is 33.8 Å². The van der Waals surface area contributed by atoms with E-state index in [9.17, 15) is 0 Å². The molecule has 0 aliphatic rings. The summed E-state index contributed by atoms with van der Waals surface area (Å²) in [5, 5.41) is 0. The van der Waals surface area contributed by atoms with Crippen molar-refractivity contribution in [2.24, 2.45) is 0 Å². The first-order chi connectivity index (χ1) is 44.3. The number of rotatable bonds is 12. The van der Waals surface area contributed by atoms with E-state index in [4.69, 9.17) is 15.0 Å². The zero-order valence-corrected chi connectivity index (χ0v) is 50.1. The molecule has 0 spiro atoms. The molecule has 0 aliphatic heterocycles. The lowest BCUT2D eigenvalue weighted by molar-refractivity contribution is 1.10. The van der Waals surface area contributed by atoms with Gasteiger partial charge in [0.1, 0.15) is 17.5 Å². The minimum atomic E-state index is 0.906. The summed E-state index contributed by atoms with van der Waals surface area (Å²) in [6.45, 7) is 6.38. The molecule has 13 aromatic carbocycles. The standard InChI is InChI=1S/C84H60N6/c1-55-28-46-67(47-29-55)88-79-25-13-10-22-76(79)85-82(88)61-40-34-58(35-41-61)70-16-4-7-19-73(70)64-52-65(74-20-8-5-17-71(74)59-36-42-62(43-37-59)83-86-77-23-11-14-26-80(77)89(83)68-48-30-56(2)31-49-68)54-66(53-64)75-21-9-6-18-72(75)60-38-44-63(45-39-60)84-87-78-24-12-15-27-81(78)90(84)69-50-32-57(3)33-51-69/h4-54H,1-3H3. The number of para-hydroxylation sites is 6. The molecular weight excluding hydrogens is 1090 g/mol. The van der Waals surface area contributed by atoms with Crippen molar-refractivity contribution in [3.05, 3.63) is 326 Å². The number of imidazole rings is 3. The van der Waals surface area contributed by atoms with Crippen molar-refractivity contribution in [2.75, 3.05) is 0 Å². The maximum Gasteiger partial charge on any atom is 0.145 e. The maximum absolute atomic E-state index is 5.23. The number of hydrogen-bond acceptors (Lipinski definition) is 3. The van der Waals surface area contributed by atoms with Gasteiger partial charge in [-0.05, 0) is 179 Å². The van der Waals surface area contributed by atoms with E-state index >= 15 is 0 Å². The lowest BCUT2D eigenvalue weighted by Gasteiger charge is -2.18. The summed E-state index contributed by atoms with van der Waals surface area (Å²) >= 11 is 0. The Morgan fingerprint density at radius 2 is 0.411 bits per heavy atom. The lowest BCUT2D eigenvalue weighted by atomic mass is 9.86. The summed E-state index contributed by atoms with van der Waals surface area (Å²) in [7, 11) is 0. The highest BCUT2D eigenvalue weighted by molar-refractivity contribution is 5.95. The van der Waals surface area contributed by atoms with E-state index in [-0.39, 0.29) is 0 Å². The molecule has 0 N–H and O–H groups in total. The predicted octanol–water partition coefficient (Wildman–Crippen LogP) is 21.6. The molecule has 16 rings (SSSR count). The van der Waals surface area contributed by atoms with E-state index in [1.54, 1.807) is 0 Å². The van der Waals surface area contributed by atoms with Gasteiger partial charge in [0.15, 0.2) is 0 Å². The van der Waals surface area contributed by atoms with E-state index in [2.05, 4.69) is 344 Å². The Balaban J connectivity index is 0.819. The summed E-state index contributed by atoms with van der Waals surface area (Å²) in [4.78, 5) is 15.7. The molecular formula is C84H60N6. The molecule has 0 atom stereocenters. The topological polar surface area (TPSA) is 53.5 Å². The molecule has 0 amide bonds. The van der Waals surface area contributed by atoms with Crippen molar-refractivity contribution in [1.82, 2.24) is 28.7 Å². The van der Waals surface area contributed by atoms with Crippen LogP contribution in [0.15, 0.2) is 309 Å². The predicted molar refractivity (Wildman–Crippen MR) is 373 cm³/mol. The number of benzene rings is 13. The second kappa shape index (κ2) is 22.5. The quantitative estimate of drug-likeness (QED) is 0.122. The Morgan fingerprint density at radius 3 is 0.667 bits per heavy atom. The molecule has 0 radical (unpaired) electrons. The van der Waals surface area contributed by atoms with E-state index in [0.717, 1.165) is 151 Å².